The van der Waals surface area contributed by atoms with Gasteiger partial charge in [0.05, 0.1) is 24.2 Å². The molecule has 0 aliphatic rings. The molecule has 0 saturated carbocycles. The third-order valence-corrected chi connectivity index (χ3v) is 4.73. The Morgan fingerprint density at radius 3 is 2.59 bits per heavy atom. The SMILES string of the molecule is COc1ccccc1C(NC(=O)CNC(=O)c1ccccc1Cl)c1nccn1C. The standard InChI is InChI=1S/C21H21ClN4O3/c1-26-12-11-23-20(26)19(15-8-4-6-10-17(15)29-2)25-18(27)13-24-21(28)14-7-3-5-9-16(14)22/h3-12,19H,13H2,1-2H3,(H,24,28)(H,25,27). The van der Waals surface area contributed by atoms with Crippen LogP contribution in [-0.2, 0) is 11.8 Å². The van der Waals surface area contributed by atoms with Crippen LogP contribution in [0.25, 0.3) is 0 Å². The van der Waals surface area contributed by atoms with Crippen molar-refractivity contribution in [2.75, 3.05) is 13.7 Å². The number of hydrogen-bond donors (Lipinski definition) is 2. The second-order valence-electron chi connectivity index (χ2n) is 6.30. The average molecular weight is 413 g/mol. The second-order valence-corrected chi connectivity index (χ2v) is 6.71. The summed E-state index contributed by atoms with van der Waals surface area (Å²) in [5.41, 5.74) is 1.07. The van der Waals surface area contributed by atoms with Gasteiger partial charge in [0.15, 0.2) is 0 Å². The van der Waals surface area contributed by atoms with Crippen LogP contribution in [0, 0.1) is 0 Å². The highest BCUT2D eigenvalue weighted by Crippen LogP contribution is 2.28. The smallest absolute Gasteiger partial charge is 0.253 e. The van der Waals surface area contributed by atoms with Gasteiger partial charge in [0.1, 0.15) is 17.6 Å². The Balaban J connectivity index is 1.76. The summed E-state index contributed by atoms with van der Waals surface area (Å²) in [5.74, 6) is 0.474. The number of imidazole rings is 1. The first kappa shape index (κ1) is 20.4. The van der Waals surface area contributed by atoms with Gasteiger partial charge in [-0.15, -0.1) is 0 Å². The molecule has 29 heavy (non-hydrogen) atoms. The molecule has 7 nitrogen and oxygen atoms in total. The quantitative estimate of drug-likeness (QED) is 0.624. The van der Waals surface area contributed by atoms with Crippen molar-refractivity contribution in [2.24, 2.45) is 7.05 Å². The van der Waals surface area contributed by atoms with Crippen molar-refractivity contribution in [3.63, 3.8) is 0 Å². The molecule has 1 aromatic heterocycles. The lowest BCUT2D eigenvalue weighted by Gasteiger charge is -2.21. The van der Waals surface area contributed by atoms with E-state index in [0.717, 1.165) is 5.56 Å². The van der Waals surface area contributed by atoms with Gasteiger partial charge in [0.25, 0.3) is 5.91 Å². The molecule has 0 aliphatic carbocycles. The fourth-order valence-electron chi connectivity index (χ4n) is 2.95. The molecule has 1 heterocycles. The van der Waals surface area contributed by atoms with E-state index in [-0.39, 0.29) is 12.5 Å². The molecule has 2 N–H and O–H groups in total. The van der Waals surface area contributed by atoms with E-state index >= 15 is 0 Å². The van der Waals surface area contributed by atoms with Crippen LogP contribution >= 0.6 is 11.6 Å². The topological polar surface area (TPSA) is 85.2 Å². The van der Waals surface area contributed by atoms with Gasteiger partial charge in [-0.1, -0.05) is 41.9 Å². The number of benzene rings is 2. The number of nitrogens with zero attached hydrogens (tertiary/aromatic N) is 2. The van der Waals surface area contributed by atoms with E-state index in [1.54, 1.807) is 43.8 Å². The Kier molecular flexibility index (Phi) is 6.51. The minimum absolute atomic E-state index is 0.208. The number of aromatic nitrogens is 2. The van der Waals surface area contributed by atoms with Crippen molar-refractivity contribution in [1.29, 1.82) is 0 Å². The minimum Gasteiger partial charge on any atom is -0.496 e. The van der Waals surface area contributed by atoms with Crippen LogP contribution in [-0.4, -0.2) is 35.0 Å². The summed E-state index contributed by atoms with van der Waals surface area (Å²) in [4.78, 5) is 29.3. The lowest BCUT2D eigenvalue weighted by molar-refractivity contribution is -0.120. The van der Waals surface area contributed by atoms with Crippen molar-refractivity contribution in [1.82, 2.24) is 20.2 Å². The molecular formula is C21H21ClN4O3. The summed E-state index contributed by atoms with van der Waals surface area (Å²) in [5, 5.41) is 5.84. The van der Waals surface area contributed by atoms with E-state index in [1.165, 1.54) is 0 Å². The van der Waals surface area contributed by atoms with Crippen molar-refractivity contribution in [3.8, 4) is 5.75 Å². The molecule has 0 saturated heterocycles. The molecule has 1 unspecified atom stereocenters. The van der Waals surface area contributed by atoms with Crippen LogP contribution in [0.1, 0.15) is 27.8 Å². The van der Waals surface area contributed by atoms with Gasteiger partial charge in [-0.05, 0) is 18.2 Å². The van der Waals surface area contributed by atoms with Gasteiger partial charge >= 0.3 is 0 Å². The van der Waals surface area contributed by atoms with E-state index in [9.17, 15) is 9.59 Å². The number of para-hydroxylation sites is 1. The number of amides is 2. The number of halogens is 1. The van der Waals surface area contributed by atoms with Crippen LogP contribution < -0.4 is 15.4 Å². The second kappa shape index (κ2) is 9.25. The summed E-state index contributed by atoms with van der Waals surface area (Å²) in [6, 6.07) is 13.5. The van der Waals surface area contributed by atoms with Gasteiger partial charge in [-0.3, -0.25) is 9.59 Å². The number of nitrogens with one attached hydrogen (secondary N) is 2. The zero-order chi connectivity index (χ0) is 20.8. The maximum Gasteiger partial charge on any atom is 0.253 e. The first-order valence-electron chi connectivity index (χ1n) is 8.93. The Morgan fingerprint density at radius 1 is 1.17 bits per heavy atom. The molecule has 0 aliphatic heterocycles. The van der Waals surface area contributed by atoms with Crippen molar-refractivity contribution < 1.29 is 14.3 Å². The molecule has 150 valence electrons. The molecule has 3 aromatic rings. The highest BCUT2D eigenvalue weighted by Gasteiger charge is 2.24. The first-order valence-corrected chi connectivity index (χ1v) is 9.31. The summed E-state index contributed by atoms with van der Waals surface area (Å²) >= 11 is 6.03. The third kappa shape index (κ3) is 4.75. The predicted molar refractivity (Wildman–Crippen MR) is 110 cm³/mol. The molecular weight excluding hydrogens is 392 g/mol. The molecule has 0 fully saturated rings. The van der Waals surface area contributed by atoms with E-state index in [4.69, 9.17) is 16.3 Å². The minimum atomic E-state index is -0.545. The number of hydrogen-bond acceptors (Lipinski definition) is 4. The Hall–Kier alpha value is -3.32. The molecule has 1 atom stereocenters. The zero-order valence-corrected chi connectivity index (χ0v) is 16.8. The number of carbonyl (C=O) groups is 2. The zero-order valence-electron chi connectivity index (χ0n) is 16.1. The van der Waals surface area contributed by atoms with Gasteiger partial charge in [0.2, 0.25) is 5.91 Å². The molecule has 2 aromatic carbocycles. The summed E-state index contributed by atoms with van der Waals surface area (Å²) < 4.78 is 7.26. The summed E-state index contributed by atoms with van der Waals surface area (Å²) in [6.07, 6.45) is 3.45. The third-order valence-electron chi connectivity index (χ3n) is 4.40. The summed E-state index contributed by atoms with van der Waals surface area (Å²) in [6.45, 7) is -0.208. The maximum atomic E-state index is 12.6. The normalized spacial score (nSPS) is 11.6. The van der Waals surface area contributed by atoms with E-state index in [0.29, 0.717) is 22.2 Å². The van der Waals surface area contributed by atoms with E-state index in [2.05, 4.69) is 15.6 Å². The van der Waals surface area contributed by atoms with Crippen LogP contribution in [0.5, 0.6) is 5.75 Å². The van der Waals surface area contributed by atoms with Crippen molar-refractivity contribution >= 4 is 23.4 Å². The van der Waals surface area contributed by atoms with Crippen molar-refractivity contribution in [2.45, 2.75) is 6.04 Å². The van der Waals surface area contributed by atoms with Gasteiger partial charge in [-0.25, -0.2) is 4.98 Å². The van der Waals surface area contributed by atoms with E-state index < -0.39 is 11.9 Å². The van der Waals surface area contributed by atoms with Crippen LogP contribution in [0.15, 0.2) is 60.9 Å². The Labute approximate surface area is 173 Å². The molecule has 0 spiro atoms. The largest absolute Gasteiger partial charge is 0.496 e. The number of aryl methyl sites for hydroxylation is 1. The van der Waals surface area contributed by atoms with Crippen LogP contribution in [0.4, 0.5) is 0 Å². The number of methoxy groups -OCH3 is 1. The monoisotopic (exact) mass is 412 g/mol. The van der Waals surface area contributed by atoms with Crippen LogP contribution in [0.3, 0.4) is 0 Å². The van der Waals surface area contributed by atoms with Gasteiger partial charge in [-0.2, -0.15) is 0 Å². The number of ether oxygens (including phenoxy) is 1. The fraction of sp³-hybridized carbons (Fsp3) is 0.190. The Morgan fingerprint density at radius 2 is 1.90 bits per heavy atom. The summed E-state index contributed by atoms with van der Waals surface area (Å²) in [7, 11) is 3.41. The number of carbonyl (C=O) groups excluding carboxylic acids is 2. The molecule has 0 radical (unpaired) electrons. The maximum absolute atomic E-state index is 12.6. The lowest BCUT2D eigenvalue weighted by atomic mass is 10.0. The van der Waals surface area contributed by atoms with Crippen LogP contribution in [0.2, 0.25) is 5.02 Å². The molecule has 3 rings (SSSR count). The molecule has 2 amide bonds. The van der Waals surface area contributed by atoms with E-state index in [1.807, 2.05) is 35.9 Å². The highest BCUT2D eigenvalue weighted by molar-refractivity contribution is 6.33. The Bertz CT molecular complexity index is 1020. The lowest BCUT2D eigenvalue weighted by Crippen LogP contribution is -2.39. The number of rotatable bonds is 7. The van der Waals surface area contributed by atoms with Gasteiger partial charge < -0.3 is 19.9 Å². The molecule has 0 bridgehead atoms. The average Bonchev–Trinajstić information content (AvgIpc) is 3.16. The first-order chi connectivity index (χ1) is 14.0. The van der Waals surface area contributed by atoms with Gasteiger partial charge in [0, 0.05) is 25.0 Å². The highest BCUT2D eigenvalue weighted by atomic mass is 35.5. The fourth-order valence-corrected chi connectivity index (χ4v) is 3.18. The predicted octanol–water partition coefficient (Wildman–Crippen LogP) is 2.72. The molecule has 8 heteroatoms. The van der Waals surface area contributed by atoms with Crippen molar-refractivity contribution in [3.05, 3.63) is 82.9 Å².